The van der Waals surface area contributed by atoms with Crippen LogP contribution in [-0.4, -0.2) is 44.7 Å². The van der Waals surface area contributed by atoms with Crippen LogP contribution in [0, 0.1) is 5.92 Å². The van der Waals surface area contributed by atoms with Gasteiger partial charge >= 0.3 is 0 Å². The predicted molar refractivity (Wildman–Crippen MR) is 71.5 cm³/mol. The first-order chi connectivity index (χ1) is 8.10. The molecule has 1 aliphatic heterocycles. The molecule has 0 aromatic carbocycles. The van der Waals surface area contributed by atoms with Gasteiger partial charge in [-0.3, -0.25) is 0 Å². The van der Waals surface area contributed by atoms with E-state index >= 15 is 0 Å². The van der Waals surface area contributed by atoms with Crippen molar-refractivity contribution in [2.75, 3.05) is 31.9 Å². The second-order valence-corrected chi connectivity index (χ2v) is 6.90. The first kappa shape index (κ1) is 14.9. The molecule has 0 bridgehead atoms. The summed E-state index contributed by atoms with van der Waals surface area (Å²) < 4.78 is 25.9. The first-order valence-electron chi connectivity index (χ1n) is 6.78. The number of hydrogen-bond acceptors (Lipinski definition) is 3. The lowest BCUT2D eigenvalue weighted by Crippen LogP contribution is -2.40. The number of piperidine rings is 1. The van der Waals surface area contributed by atoms with Crippen molar-refractivity contribution in [3.05, 3.63) is 0 Å². The van der Waals surface area contributed by atoms with E-state index in [2.05, 4.69) is 5.32 Å². The zero-order valence-electron chi connectivity index (χ0n) is 11.1. The van der Waals surface area contributed by atoms with Crippen LogP contribution in [0.25, 0.3) is 0 Å². The molecule has 17 heavy (non-hydrogen) atoms. The Morgan fingerprint density at radius 2 is 1.88 bits per heavy atom. The molecule has 1 saturated heterocycles. The highest BCUT2D eigenvalue weighted by Gasteiger charge is 2.24. The number of nitrogens with one attached hydrogen (secondary N) is 1. The van der Waals surface area contributed by atoms with Crippen molar-refractivity contribution in [2.45, 2.75) is 39.5 Å². The Balaban J connectivity index is 2.51. The normalized spacial score (nSPS) is 18.8. The Hall–Kier alpha value is -0.130. The lowest BCUT2D eigenvalue weighted by molar-refractivity contribution is 0.294. The van der Waals surface area contributed by atoms with E-state index in [-0.39, 0.29) is 0 Å². The topological polar surface area (TPSA) is 49.4 Å². The van der Waals surface area contributed by atoms with Crippen molar-refractivity contribution in [1.29, 1.82) is 0 Å². The molecule has 0 atom stereocenters. The summed E-state index contributed by atoms with van der Waals surface area (Å²) in [5.74, 6) is 0.843. The van der Waals surface area contributed by atoms with Gasteiger partial charge in [0.1, 0.15) is 0 Å². The molecule has 0 saturated carbocycles. The maximum absolute atomic E-state index is 12.1. The fraction of sp³-hybridized carbons (Fsp3) is 1.00. The Kier molecular flexibility index (Phi) is 6.44. The lowest BCUT2D eigenvalue weighted by Gasteiger charge is -2.28. The third-order valence-corrected chi connectivity index (χ3v) is 5.42. The van der Waals surface area contributed by atoms with Gasteiger partial charge in [-0.2, -0.15) is 0 Å². The molecule has 102 valence electrons. The van der Waals surface area contributed by atoms with Gasteiger partial charge in [0, 0.05) is 13.1 Å². The average molecular weight is 262 g/mol. The summed E-state index contributed by atoms with van der Waals surface area (Å²) in [6.45, 7) is 7.33. The van der Waals surface area contributed by atoms with E-state index in [1.54, 1.807) is 4.31 Å². The number of nitrogens with zero attached hydrogens (tertiary/aromatic N) is 1. The van der Waals surface area contributed by atoms with Gasteiger partial charge in [0.15, 0.2) is 0 Å². The van der Waals surface area contributed by atoms with Gasteiger partial charge in [-0.1, -0.05) is 20.3 Å². The zero-order chi connectivity index (χ0) is 12.7. The van der Waals surface area contributed by atoms with Crippen LogP contribution in [0.1, 0.15) is 39.5 Å². The van der Waals surface area contributed by atoms with Crippen LogP contribution in [0.2, 0.25) is 0 Å². The Morgan fingerprint density at radius 1 is 1.24 bits per heavy atom. The molecule has 1 fully saturated rings. The van der Waals surface area contributed by atoms with Crippen molar-refractivity contribution in [3.63, 3.8) is 0 Å². The van der Waals surface area contributed by atoms with Crippen molar-refractivity contribution in [1.82, 2.24) is 9.62 Å². The van der Waals surface area contributed by atoms with Crippen LogP contribution < -0.4 is 5.32 Å². The summed E-state index contributed by atoms with van der Waals surface area (Å²) in [5, 5.41) is 3.31. The van der Waals surface area contributed by atoms with Gasteiger partial charge in [0.05, 0.1) is 5.75 Å². The summed E-state index contributed by atoms with van der Waals surface area (Å²) in [7, 11) is -3.02. The fourth-order valence-corrected chi connectivity index (χ4v) is 3.99. The van der Waals surface area contributed by atoms with Crippen LogP contribution in [0.5, 0.6) is 0 Å². The average Bonchev–Trinajstić information content (AvgIpc) is 2.34. The fourth-order valence-electron chi connectivity index (χ4n) is 2.25. The highest BCUT2D eigenvalue weighted by Crippen LogP contribution is 2.16. The highest BCUT2D eigenvalue weighted by molar-refractivity contribution is 7.89. The van der Waals surface area contributed by atoms with Crippen molar-refractivity contribution in [3.8, 4) is 0 Å². The SMILES string of the molecule is CCCCS(=O)(=O)N(CC)CC1CCNCC1. The number of hydrogen-bond donors (Lipinski definition) is 1. The molecular weight excluding hydrogens is 236 g/mol. The molecule has 0 unspecified atom stereocenters. The van der Waals surface area contributed by atoms with Gasteiger partial charge in [0.25, 0.3) is 0 Å². The summed E-state index contributed by atoms with van der Waals surface area (Å²) in [6.07, 6.45) is 3.90. The third kappa shape index (κ3) is 4.94. The van der Waals surface area contributed by atoms with Crippen LogP contribution in [0.15, 0.2) is 0 Å². The van der Waals surface area contributed by atoms with Gasteiger partial charge in [-0.15, -0.1) is 0 Å². The van der Waals surface area contributed by atoms with Gasteiger partial charge < -0.3 is 5.32 Å². The number of rotatable bonds is 7. The summed E-state index contributed by atoms with van der Waals surface area (Å²) in [6, 6.07) is 0. The van der Waals surface area contributed by atoms with E-state index in [1.807, 2.05) is 13.8 Å². The van der Waals surface area contributed by atoms with Gasteiger partial charge in [-0.05, 0) is 38.3 Å². The number of unbranched alkanes of at least 4 members (excludes halogenated alkanes) is 1. The van der Waals surface area contributed by atoms with E-state index in [0.717, 1.165) is 38.8 Å². The summed E-state index contributed by atoms with van der Waals surface area (Å²) in [5.41, 5.74) is 0. The Morgan fingerprint density at radius 3 is 2.41 bits per heavy atom. The Bertz CT molecular complexity index is 298. The third-order valence-electron chi connectivity index (χ3n) is 3.42. The second kappa shape index (κ2) is 7.34. The molecule has 0 spiro atoms. The molecular formula is C12H26N2O2S. The maximum Gasteiger partial charge on any atom is 0.214 e. The van der Waals surface area contributed by atoms with E-state index in [1.165, 1.54) is 0 Å². The largest absolute Gasteiger partial charge is 0.317 e. The predicted octanol–water partition coefficient (Wildman–Crippen LogP) is 1.44. The molecule has 1 heterocycles. The van der Waals surface area contributed by atoms with Crippen molar-refractivity contribution < 1.29 is 8.42 Å². The lowest BCUT2D eigenvalue weighted by atomic mass is 9.98. The molecule has 0 radical (unpaired) electrons. The van der Waals surface area contributed by atoms with Crippen LogP contribution >= 0.6 is 0 Å². The van der Waals surface area contributed by atoms with Crippen LogP contribution in [0.3, 0.4) is 0 Å². The van der Waals surface area contributed by atoms with E-state index in [0.29, 0.717) is 24.8 Å². The van der Waals surface area contributed by atoms with E-state index in [4.69, 9.17) is 0 Å². The number of sulfonamides is 1. The van der Waals surface area contributed by atoms with Gasteiger partial charge in [0.2, 0.25) is 10.0 Å². The minimum absolute atomic E-state index is 0.308. The van der Waals surface area contributed by atoms with Crippen molar-refractivity contribution >= 4 is 10.0 Å². The monoisotopic (exact) mass is 262 g/mol. The second-order valence-electron chi connectivity index (χ2n) is 4.81. The van der Waals surface area contributed by atoms with E-state index < -0.39 is 10.0 Å². The molecule has 0 aromatic heterocycles. The molecule has 1 rings (SSSR count). The molecule has 0 aliphatic carbocycles. The summed E-state index contributed by atoms with van der Waals surface area (Å²) in [4.78, 5) is 0. The maximum atomic E-state index is 12.1. The smallest absolute Gasteiger partial charge is 0.214 e. The first-order valence-corrected chi connectivity index (χ1v) is 8.39. The quantitative estimate of drug-likeness (QED) is 0.755. The molecule has 1 N–H and O–H groups in total. The molecule has 4 nitrogen and oxygen atoms in total. The molecule has 0 amide bonds. The van der Waals surface area contributed by atoms with Crippen LogP contribution in [0.4, 0.5) is 0 Å². The summed E-state index contributed by atoms with van der Waals surface area (Å²) >= 11 is 0. The minimum Gasteiger partial charge on any atom is -0.317 e. The molecule has 0 aromatic rings. The minimum atomic E-state index is -3.02. The highest BCUT2D eigenvalue weighted by atomic mass is 32.2. The van der Waals surface area contributed by atoms with Gasteiger partial charge in [-0.25, -0.2) is 12.7 Å². The Labute approximate surface area is 106 Å². The van der Waals surface area contributed by atoms with E-state index in [9.17, 15) is 8.42 Å². The molecule has 1 aliphatic rings. The van der Waals surface area contributed by atoms with Crippen molar-refractivity contribution in [2.24, 2.45) is 5.92 Å². The standard InChI is InChI=1S/C12H26N2O2S/c1-3-5-10-17(15,16)14(4-2)11-12-6-8-13-9-7-12/h12-13H,3-11H2,1-2H3. The van der Waals surface area contributed by atoms with Crippen LogP contribution in [-0.2, 0) is 10.0 Å². The molecule has 5 heteroatoms. The zero-order valence-corrected chi connectivity index (χ0v) is 11.9.